The van der Waals surface area contributed by atoms with Crippen LogP contribution in [-0.4, -0.2) is 7.11 Å². The van der Waals surface area contributed by atoms with Crippen molar-refractivity contribution in [2.75, 3.05) is 12.2 Å². The van der Waals surface area contributed by atoms with Crippen molar-refractivity contribution in [1.29, 1.82) is 0 Å². The van der Waals surface area contributed by atoms with Gasteiger partial charge in [0.25, 0.3) is 0 Å². The van der Waals surface area contributed by atoms with Crippen LogP contribution < -0.4 is 15.0 Å². The van der Waals surface area contributed by atoms with E-state index < -0.39 is 15.1 Å². The molecular weight excluding hydrogens is 696 g/mol. The maximum atomic E-state index is 15.2. The van der Waals surface area contributed by atoms with Gasteiger partial charge < -0.3 is 14.0 Å². The summed E-state index contributed by atoms with van der Waals surface area (Å²) < 4.78 is 54.5. The van der Waals surface area contributed by atoms with E-state index in [1.54, 1.807) is 0 Å². The van der Waals surface area contributed by atoms with Crippen LogP contribution in [0.3, 0.4) is 0 Å². The molecule has 0 bridgehead atoms. The van der Waals surface area contributed by atoms with Crippen molar-refractivity contribution in [1.82, 2.24) is 0 Å². The van der Waals surface area contributed by atoms with Crippen LogP contribution in [0.1, 0.15) is 22.3 Å². The summed E-state index contributed by atoms with van der Waals surface area (Å²) in [7, 11) is -6.36. The van der Waals surface area contributed by atoms with Gasteiger partial charge >= 0.3 is 15.1 Å². The highest BCUT2D eigenvalue weighted by Gasteiger charge is 2.37. The van der Waals surface area contributed by atoms with E-state index in [2.05, 4.69) is 5.09 Å². The molecule has 1 unspecified atom stereocenters. The van der Waals surface area contributed by atoms with Crippen LogP contribution in [0.2, 0.25) is 0 Å². The van der Waals surface area contributed by atoms with Crippen molar-refractivity contribution in [3.8, 4) is 21.8 Å². The minimum Gasteiger partial charge on any atom is -0.456 e. The average Bonchev–Trinajstić information content (AvgIpc) is 3.79. The standard InChI is InChI=1S/C41H37NO6P2S/c1-29-18-23-39(30(2)24-29)49(43,45-3)42-36-26-40(34-21-19-33(20-22-34)38-25-35-16-10-11-17-37(35)48-38)51-41(36)50(44,46-27-31-12-6-4-7-13-31)47-28-32-14-8-5-9-15-32/h4-26H,27-28H2,1-3H3,(H,42,43). The summed E-state index contributed by atoms with van der Waals surface area (Å²) in [5, 5.41) is 4.74. The van der Waals surface area contributed by atoms with E-state index in [4.69, 9.17) is 18.0 Å². The van der Waals surface area contributed by atoms with Crippen molar-refractivity contribution in [3.63, 3.8) is 0 Å². The van der Waals surface area contributed by atoms with Gasteiger partial charge in [-0.1, -0.05) is 121 Å². The molecule has 7 aromatic rings. The van der Waals surface area contributed by atoms with Gasteiger partial charge in [0.1, 0.15) is 16.0 Å². The molecule has 0 spiro atoms. The second-order valence-electron chi connectivity index (χ2n) is 12.2. The summed E-state index contributed by atoms with van der Waals surface area (Å²) in [5.41, 5.74) is 6.50. The molecule has 51 heavy (non-hydrogen) atoms. The molecule has 10 heteroatoms. The predicted molar refractivity (Wildman–Crippen MR) is 208 cm³/mol. The van der Waals surface area contributed by atoms with Gasteiger partial charge in [-0.2, -0.15) is 0 Å². The highest BCUT2D eigenvalue weighted by atomic mass is 32.1. The van der Waals surface area contributed by atoms with Gasteiger partial charge in [0, 0.05) is 22.9 Å². The predicted octanol–water partition coefficient (Wildman–Crippen LogP) is 11.3. The van der Waals surface area contributed by atoms with Crippen LogP contribution in [0.4, 0.5) is 5.69 Å². The fourth-order valence-corrected chi connectivity index (χ4v) is 11.0. The van der Waals surface area contributed by atoms with Gasteiger partial charge in [0.05, 0.1) is 24.2 Å². The minimum atomic E-state index is -4.06. The molecule has 7 rings (SSSR count). The van der Waals surface area contributed by atoms with Gasteiger partial charge in [0.15, 0.2) is 0 Å². The third-order valence-electron chi connectivity index (χ3n) is 8.52. The molecule has 0 amide bonds. The fraction of sp³-hybridized carbons (Fsp3) is 0.122. The first-order valence-corrected chi connectivity index (χ1v) is 20.4. The Morgan fingerprint density at radius 2 is 1.29 bits per heavy atom. The number of hydrogen-bond donors (Lipinski definition) is 1. The van der Waals surface area contributed by atoms with Crippen molar-refractivity contribution < 1.29 is 27.1 Å². The van der Waals surface area contributed by atoms with E-state index in [-0.39, 0.29) is 13.2 Å². The van der Waals surface area contributed by atoms with Crippen molar-refractivity contribution >= 4 is 53.0 Å². The van der Waals surface area contributed by atoms with Crippen LogP contribution in [0, 0.1) is 13.8 Å². The summed E-state index contributed by atoms with van der Waals surface area (Å²) in [6, 6.07) is 44.5. The highest BCUT2D eigenvalue weighted by Crippen LogP contribution is 2.56. The van der Waals surface area contributed by atoms with Gasteiger partial charge in [-0.05, 0) is 60.4 Å². The van der Waals surface area contributed by atoms with E-state index in [1.807, 2.05) is 153 Å². The average molecular weight is 734 g/mol. The molecule has 7 nitrogen and oxygen atoms in total. The van der Waals surface area contributed by atoms with Crippen LogP contribution in [-0.2, 0) is 35.9 Å². The summed E-state index contributed by atoms with van der Waals surface area (Å²) in [6.07, 6.45) is 0. The Morgan fingerprint density at radius 3 is 1.90 bits per heavy atom. The van der Waals surface area contributed by atoms with E-state index in [0.29, 0.717) is 15.6 Å². The molecular formula is C41H37NO6P2S. The maximum absolute atomic E-state index is 15.2. The number of anilines is 1. The smallest absolute Gasteiger partial charge is 0.374 e. The van der Waals surface area contributed by atoms with Gasteiger partial charge in [0.2, 0.25) is 0 Å². The molecule has 0 fully saturated rings. The third-order valence-corrected chi connectivity index (χ3v) is 14.3. The Balaban J connectivity index is 1.31. The maximum Gasteiger partial charge on any atom is 0.374 e. The zero-order valence-corrected chi connectivity index (χ0v) is 31.1. The van der Waals surface area contributed by atoms with E-state index >= 15 is 4.57 Å². The Kier molecular flexibility index (Phi) is 10.3. The lowest BCUT2D eigenvalue weighted by molar-refractivity contribution is 0.200. The molecule has 0 aliphatic carbocycles. The van der Waals surface area contributed by atoms with Crippen LogP contribution in [0.15, 0.2) is 144 Å². The number of nitrogens with one attached hydrogen (secondary N) is 1. The molecule has 0 aliphatic heterocycles. The Bertz CT molecular complexity index is 2290. The monoisotopic (exact) mass is 733 g/mol. The van der Waals surface area contributed by atoms with Crippen LogP contribution in [0.5, 0.6) is 0 Å². The summed E-state index contributed by atoms with van der Waals surface area (Å²) in [5.74, 6) is 0.764. The minimum absolute atomic E-state index is 0.0464. The van der Waals surface area contributed by atoms with Crippen molar-refractivity contribution in [2.45, 2.75) is 27.1 Å². The molecule has 5 aromatic carbocycles. The van der Waals surface area contributed by atoms with E-state index in [0.717, 1.165) is 55.0 Å². The van der Waals surface area contributed by atoms with Crippen molar-refractivity contribution in [2.24, 2.45) is 0 Å². The molecule has 0 saturated carbocycles. The first kappa shape index (κ1) is 34.9. The lowest BCUT2D eigenvalue weighted by Gasteiger charge is -2.23. The summed E-state index contributed by atoms with van der Waals surface area (Å²) in [6.45, 7) is 3.97. The molecule has 258 valence electrons. The number of furan rings is 1. The molecule has 0 saturated heterocycles. The van der Waals surface area contributed by atoms with Crippen LogP contribution in [0.25, 0.3) is 32.7 Å². The Labute approximate surface area is 301 Å². The van der Waals surface area contributed by atoms with Gasteiger partial charge in [-0.3, -0.25) is 18.2 Å². The van der Waals surface area contributed by atoms with Gasteiger partial charge in [-0.25, -0.2) is 0 Å². The zero-order chi connectivity index (χ0) is 35.4. The normalized spacial score (nSPS) is 12.9. The lowest BCUT2D eigenvalue weighted by Crippen LogP contribution is -2.19. The number of hydrogen-bond acceptors (Lipinski definition) is 7. The second-order valence-corrected chi connectivity index (χ2v) is 17.7. The first-order valence-electron chi connectivity index (χ1n) is 16.5. The first-order chi connectivity index (χ1) is 24.7. The van der Waals surface area contributed by atoms with Crippen molar-refractivity contribution in [3.05, 3.63) is 162 Å². The number of thiophene rings is 1. The number of aryl methyl sites for hydroxylation is 2. The summed E-state index contributed by atoms with van der Waals surface area (Å²) in [4.78, 5) is 0.777. The quantitative estimate of drug-likeness (QED) is 0.118. The lowest BCUT2D eigenvalue weighted by atomic mass is 10.1. The number of benzene rings is 5. The number of fused-ring (bicyclic) bond motifs is 1. The van der Waals surface area contributed by atoms with E-state index in [1.165, 1.54) is 18.4 Å². The number of rotatable bonds is 13. The van der Waals surface area contributed by atoms with Gasteiger partial charge in [-0.15, -0.1) is 11.3 Å². The molecule has 1 atom stereocenters. The summed E-state index contributed by atoms with van der Waals surface area (Å²) >= 11 is 1.27. The fourth-order valence-electron chi connectivity index (χ4n) is 5.85. The largest absolute Gasteiger partial charge is 0.456 e. The SMILES string of the molecule is COP(=O)(Nc1cc(-c2ccc(-c3cc4ccccc4o3)cc2)sc1P(=O)(OCc1ccccc1)OCc1ccccc1)c1ccc(C)cc1C. The third kappa shape index (κ3) is 7.73. The van der Waals surface area contributed by atoms with E-state index in [9.17, 15) is 4.57 Å². The molecule has 2 heterocycles. The zero-order valence-electron chi connectivity index (χ0n) is 28.4. The highest BCUT2D eigenvalue weighted by molar-refractivity contribution is 7.71. The molecule has 2 aromatic heterocycles. The molecule has 1 N–H and O–H groups in total. The topological polar surface area (TPSA) is 87.0 Å². The Hall–Kier alpha value is -4.52. The second kappa shape index (κ2) is 15.0. The van der Waals surface area contributed by atoms with Crippen LogP contribution >= 0.6 is 26.5 Å². The Morgan fingerprint density at radius 1 is 0.686 bits per heavy atom. The molecule has 0 aliphatic rings. The molecule has 0 radical (unpaired) electrons. The number of para-hydroxylation sites is 1.